The summed E-state index contributed by atoms with van der Waals surface area (Å²) in [5.74, 6) is 0.109. The molecule has 0 aliphatic heterocycles. The van der Waals surface area contributed by atoms with Crippen LogP contribution in [0.1, 0.15) is 17.0 Å². The summed E-state index contributed by atoms with van der Waals surface area (Å²) < 4.78 is 5.08. The summed E-state index contributed by atoms with van der Waals surface area (Å²) in [6.07, 6.45) is 1.75. The van der Waals surface area contributed by atoms with Gasteiger partial charge in [0.15, 0.2) is 11.5 Å². The van der Waals surface area contributed by atoms with Crippen LogP contribution in [-0.4, -0.2) is 17.3 Å². The molecule has 0 bridgehead atoms. The zero-order chi connectivity index (χ0) is 13.8. The first-order valence-corrected chi connectivity index (χ1v) is 5.94. The van der Waals surface area contributed by atoms with E-state index in [0.717, 1.165) is 5.56 Å². The fourth-order valence-corrected chi connectivity index (χ4v) is 2.09. The van der Waals surface area contributed by atoms with Gasteiger partial charge in [0, 0.05) is 17.5 Å². The molecule has 0 aliphatic carbocycles. The van der Waals surface area contributed by atoms with E-state index in [1.165, 1.54) is 13.2 Å². The highest BCUT2D eigenvalue weighted by atomic mass is 16.5. The molecule has 0 saturated carbocycles. The van der Waals surface area contributed by atoms with Gasteiger partial charge < -0.3 is 14.9 Å². The second-order valence-corrected chi connectivity index (χ2v) is 4.21. The molecule has 19 heavy (non-hydrogen) atoms. The van der Waals surface area contributed by atoms with Crippen LogP contribution in [0.4, 0.5) is 0 Å². The molecule has 0 saturated heterocycles. The van der Waals surface area contributed by atoms with Gasteiger partial charge in [-0.2, -0.15) is 0 Å². The Morgan fingerprint density at radius 2 is 1.79 bits per heavy atom. The minimum atomic E-state index is -0.157. The van der Waals surface area contributed by atoms with E-state index in [9.17, 15) is 10.2 Å². The lowest BCUT2D eigenvalue weighted by molar-refractivity contribution is 0.368. The third kappa shape index (κ3) is 2.55. The highest BCUT2D eigenvalue weighted by Gasteiger charge is 2.17. The Morgan fingerprint density at radius 1 is 1.11 bits per heavy atom. The largest absolute Gasteiger partial charge is 0.507 e. The van der Waals surface area contributed by atoms with Gasteiger partial charge in [0.25, 0.3) is 0 Å². The van der Waals surface area contributed by atoms with E-state index in [-0.39, 0.29) is 17.4 Å². The van der Waals surface area contributed by atoms with Crippen molar-refractivity contribution in [1.29, 1.82) is 0 Å². The summed E-state index contributed by atoms with van der Waals surface area (Å²) in [5.41, 5.74) is 1.66. The quantitative estimate of drug-likeness (QED) is 0.824. The molecule has 2 aromatic rings. The van der Waals surface area contributed by atoms with Crippen molar-refractivity contribution in [2.24, 2.45) is 0 Å². The smallest absolute Gasteiger partial charge is 0.161 e. The van der Waals surface area contributed by atoms with Gasteiger partial charge in [0.2, 0.25) is 0 Å². The van der Waals surface area contributed by atoms with Crippen LogP contribution in [0.15, 0.2) is 55.1 Å². The van der Waals surface area contributed by atoms with Crippen molar-refractivity contribution in [3.05, 3.63) is 66.2 Å². The van der Waals surface area contributed by atoms with Gasteiger partial charge in [-0.3, -0.25) is 0 Å². The van der Waals surface area contributed by atoms with Crippen molar-refractivity contribution in [2.75, 3.05) is 7.11 Å². The lowest BCUT2D eigenvalue weighted by atomic mass is 9.90. The van der Waals surface area contributed by atoms with E-state index in [1.54, 1.807) is 12.1 Å². The molecule has 2 rings (SSSR count). The van der Waals surface area contributed by atoms with Gasteiger partial charge in [-0.15, -0.1) is 6.58 Å². The summed E-state index contributed by atoms with van der Waals surface area (Å²) in [5, 5.41) is 19.6. The van der Waals surface area contributed by atoms with Crippen molar-refractivity contribution in [3.8, 4) is 17.2 Å². The number of phenolic OH excluding ortho intramolecular Hbond substituents is 2. The van der Waals surface area contributed by atoms with Gasteiger partial charge in [-0.05, 0) is 11.6 Å². The van der Waals surface area contributed by atoms with Gasteiger partial charge in [-0.25, -0.2) is 0 Å². The number of rotatable bonds is 4. The number of allylic oxidation sites excluding steroid dienone is 1. The highest BCUT2D eigenvalue weighted by Crippen LogP contribution is 2.39. The molecule has 0 unspecified atom stereocenters. The Bertz CT molecular complexity index is 576. The van der Waals surface area contributed by atoms with Crippen LogP contribution in [0.2, 0.25) is 0 Å². The van der Waals surface area contributed by atoms with Crippen LogP contribution in [0.25, 0.3) is 0 Å². The fraction of sp³-hybridized carbons (Fsp3) is 0.125. The average molecular weight is 256 g/mol. The van der Waals surface area contributed by atoms with Gasteiger partial charge in [0.1, 0.15) is 5.75 Å². The number of phenols is 2. The minimum absolute atomic E-state index is 0.0204. The van der Waals surface area contributed by atoms with E-state index in [0.29, 0.717) is 11.3 Å². The summed E-state index contributed by atoms with van der Waals surface area (Å²) >= 11 is 0. The first-order chi connectivity index (χ1) is 9.17. The summed E-state index contributed by atoms with van der Waals surface area (Å²) in [4.78, 5) is 0. The maximum atomic E-state index is 10.0. The maximum absolute atomic E-state index is 10.0. The molecule has 0 fully saturated rings. The molecular formula is C16H16O3. The number of hydrogen-bond acceptors (Lipinski definition) is 3. The number of ether oxygens (including phenoxy) is 1. The van der Waals surface area contributed by atoms with E-state index in [1.807, 2.05) is 30.3 Å². The number of methoxy groups -OCH3 is 1. The third-order valence-corrected chi connectivity index (χ3v) is 3.06. The molecule has 0 aliphatic rings. The van der Waals surface area contributed by atoms with Crippen LogP contribution in [0.3, 0.4) is 0 Å². The topological polar surface area (TPSA) is 49.7 Å². The van der Waals surface area contributed by atoms with Crippen LogP contribution < -0.4 is 4.74 Å². The summed E-state index contributed by atoms with van der Waals surface area (Å²) in [6, 6.07) is 12.6. The molecule has 0 aromatic heterocycles. The van der Waals surface area contributed by atoms with Crippen molar-refractivity contribution in [3.63, 3.8) is 0 Å². The van der Waals surface area contributed by atoms with Crippen LogP contribution in [-0.2, 0) is 0 Å². The SMILES string of the molecule is C=C[C@H](c1ccccc1)c1cc(OC)c(O)cc1O. The normalized spacial score (nSPS) is 11.8. The lowest BCUT2D eigenvalue weighted by Crippen LogP contribution is -1.99. The summed E-state index contributed by atoms with van der Waals surface area (Å²) in [7, 11) is 1.47. The molecule has 1 atom stereocenters. The molecule has 0 spiro atoms. The fourth-order valence-electron chi connectivity index (χ4n) is 2.09. The van der Waals surface area contributed by atoms with Crippen molar-refractivity contribution < 1.29 is 14.9 Å². The second-order valence-electron chi connectivity index (χ2n) is 4.21. The van der Waals surface area contributed by atoms with Crippen molar-refractivity contribution in [2.45, 2.75) is 5.92 Å². The van der Waals surface area contributed by atoms with Crippen molar-refractivity contribution >= 4 is 0 Å². The Hall–Kier alpha value is -2.42. The zero-order valence-electron chi connectivity index (χ0n) is 10.7. The van der Waals surface area contributed by atoms with E-state index >= 15 is 0 Å². The molecule has 2 aromatic carbocycles. The van der Waals surface area contributed by atoms with E-state index < -0.39 is 0 Å². The molecule has 0 amide bonds. The van der Waals surface area contributed by atoms with Gasteiger partial charge >= 0.3 is 0 Å². The highest BCUT2D eigenvalue weighted by molar-refractivity contribution is 5.53. The number of benzene rings is 2. The van der Waals surface area contributed by atoms with E-state index in [4.69, 9.17) is 4.74 Å². The number of aromatic hydroxyl groups is 2. The molecule has 0 radical (unpaired) electrons. The van der Waals surface area contributed by atoms with E-state index in [2.05, 4.69) is 6.58 Å². The molecule has 3 heteroatoms. The second kappa shape index (κ2) is 5.48. The molecule has 2 N–H and O–H groups in total. The first kappa shape index (κ1) is 13.0. The standard InChI is InChI=1S/C16H16O3/c1-3-12(11-7-5-4-6-8-11)13-9-16(19-2)15(18)10-14(13)17/h3-10,12,17-18H,1H2,2H3/t12-/m1/s1. The Balaban J connectivity index is 2.53. The molecule has 0 heterocycles. The van der Waals surface area contributed by atoms with Crippen LogP contribution in [0.5, 0.6) is 17.2 Å². The predicted molar refractivity (Wildman–Crippen MR) is 74.8 cm³/mol. The third-order valence-electron chi connectivity index (χ3n) is 3.06. The zero-order valence-corrected chi connectivity index (χ0v) is 10.7. The molecule has 3 nitrogen and oxygen atoms in total. The monoisotopic (exact) mass is 256 g/mol. The minimum Gasteiger partial charge on any atom is -0.507 e. The number of hydrogen-bond donors (Lipinski definition) is 2. The Labute approximate surface area is 112 Å². The van der Waals surface area contributed by atoms with Gasteiger partial charge in [0.05, 0.1) is 7.11 Å². The average Bonchev–Trinajstić information content (AvgIpc) is 2.43. The summed E-state index contributed by atoms with van der Waals surface area (Å²) in [6.45, 7) is 3.82. The van der Waals surface area contributed by atoms with Gasteiger partial charge in [-0.1, -0.05) is 36.4 Å². The Kier molecular flexibility index (Phi) is 3.76. The predicted octanol–water partition coefficient (Wildman–Crippen LogP) is 3.42. The molecular weight excluding hydrogens is 240 g/mol. The first-order valence-electron chi connectivity index (χ1n) is 5.94. The molecule has 98 valence electrons. The van der Waals surface area contributed by atoms with Crippen molar-refractivity contribution in [1.82, 2.24) is 0 Å². The Morgan fingerprint density at radius 3 is 2.37 bits per heavy atom. The lowest BCUT2D eigenvalue weighted by Gasteiger charge is -2.16. The van der Waals surface area contributed by atoms with Crippen LogP contribution in [0, 0.1) is 0 Å². The maximum Gasteiger partial charge on any atom is 0.161 e. The van der Waals surface area contributed by atoms with Crippen LogP contribution >= 0.6 is 0 Å².